The molecule has 7 aliphatic rings. The fourth-order valence-corrected chi connectivity index (χ4v) is 13.2. The molecule has 0 aromatic heterocycles. The molecule has 3 heterocycles. The van der Waals surface area contributed by atoms with Crippen LogP contribution in [-0.2, 0) is 52.2 Å². The quantitative estimate of drug-likeness (QED) is 0.132. The molecule has 6 fully saturated rings. The van der Waals surface area contributed by atoms with Crippen molar-refractivity contribution >= 4 is 5.97 Å². The Labute approximate surface area is 373 Å². The molecule has 0 amide bonds. The van der Waals surface area contributed by atoms with Gasteiger partial charge in [-0.05, 0) is 83.5 Å². The van der Waals surface area contributed by atoms with Crippen LogP contribution >= 0.6 is 0 Å². The van der Waals surface area contributed by atoms with Crippen molar-refractivity contribution in [1.82, 2.24) is 0 Å². The lowest BCUT2D eigenvalue weighted by molar-refractivity contribution is -0.352. The first-order valence-corrected chi connectivity index (χ1v) is 23.6. The topological polar surface area (TPSA) is 211 Å². The van der Waals surface area contributed by atoms with Crippen LogP contribution in [0.4, 0.5) is 0 Å². The maximum atomic E-state index is 12.7. The molecule has 3 saturated carbocycles. The van der Waals surface area contributed by atoms with Gasteiger partial charge in [0.25, 0.3) is 0 Å². The van der Waals surface area contributed by atoms with Crippen LogP contribution in [0, 0.1) is 34.5 Å². The van der Waals surface area contributed by atoms with Crippen molar-refractivity contribution in [2.45, 2.75) is 223 Å². The van der Waals surface area contributed by atoms with Crippen molar-refractivity contribution in [2.75, 3.05) is 21.3 Å². The zero-order valence-corrected chi connectivity index (χ0v) is 39.3. The van der Waals surface area contributed by atoms with Crippen molar-refractivity contribution in [1.29, 1.82) is 0 Å². The number of ether oxygens (including phenoxy) is 10. The van der Waals surface area contributed by atoms with Gasteiger partial charge in [-0.25, -0.2) is 0 Å². The molecule has 23 atom stereocenters. The number of rotatable bonds is 13. The predicted octanol–water partition coefficient (Wildman–Crippen LogP) is 3.54. The third-order valence-electron chi connectivity index (χ3n) is 16.7. The third-order valence-corrected chi connectivity index (χ3v) is 16.7. The van der Waals surface area contributed by atoms with E-state index in [1.54, 1.807) is 21.1 Å². The highest BCUT2D eigenvalue weighted by atomic mass is 16.8. The minimum atomic E-state index is -1.25. The van der Waals surface area contributed by atoms with Gasteiger partial charge in [0.15, 0.2) is 18.9 Å². The highest BCUT2D eigenvalue weighted by Crippen LogP contribution is 2.68. The largest absolute Gasteiger partial charge is 0.462 e. The van der Waals surface area contributed by atoms with Crippen LogP contribution in [0.25, 0.3) is 0 Å². The number of hydrogen-bond donors (Lipinski definition) is 5. The molecule has 0 aromatic carbocycles. The summed E-state index contributed by atoms with van der Waals surface area (Å²) in [5.74, 6) is -1.06. The number of allylic oxidation sites excluding steroid dienone is 1. The zero-order chi connectivity index (χ0) is 45.9. The van der Waals surface area contributed by atoms with Gasteiger partial charge >= 0.3 is 5.97 Å². The first-order valence-electron chi connectivity index (χ1n) is 23.6. The van der Waals surface area contributed by atoms with E-state index in [1.807, 2.05) is 41.5 Å². The Morgan fingerprint density at radius 3 is 2.00 bits per heavy atom. The van der Waals surface area contributed by atoms with E-state index in [0.717, 1.165) is 0 Å². The summed E-state index contributed by atoms with van der Waals surface area (Å²) in [4.78, 5) is 12.7. The standard InChI is InChI=1S/C47H78O16/c1-22(2)18-33(48)57-23(3)29-15-17-47(53)30-13-12-27-19-28(14-16-45(27,7)36(30)38(50)43(52)46(29,47)8)61-34-20-31(54-9)40(25(5)58-34)62-35-21-32(55-10)41(26(6)59-35)63-44-39(51)42(56-11)37(49)24(4)60-44/h12,22-26,28-32,34-44,49-53H,13-21H2,1-11H3/t23-,24-,25-,26-,28-,29-,30-,31+,32+,34+,35+,36-,37-,38+,39-,40-,41-,42-,43-,44+,45+,46+,47+/m1/s1. The second-order valence-corrected chi connectivity index (χ2v) is 20.7. The van der Waals surface area contributed by atoms with Gasteiger partial charge in [0.05, 0.1) is 54.4 Å². The van der Waals surface area contributed by atoms with E-state index in [1.165, 1.54) is 12.7 Å². The summed E-state index contributed by atoms with van der Waals surface area (Å²) in [6, 6.07) is 0. The number of aliphatic hydroxyl groups is 5. The molecule has 7 rings (SSSR count). The van der Waals surface area contributed by atoms with Gasteiger partial charge < -0.3 is 72.9 Å². The average molecular weight is 899 g/mol. The van der Waals surface area contributed by atoms with Gasteiger partial charge in [0.1, 0.15) is 36.6 Å². The highest BCUT2D eigenvalue weighted by Gasteiger charge is 2.73. The van der Waals surface area contributed by atoms with E-state index >= 15 is 0 Å². The van der Waals surface area contributed by atoms with Crippen LogP contribution in [0.15, 0.2) is 11.6 Å². The van der Waals surface area contributed by atoms with Crippen LogP contribution in [0.3, 0.4) is 0 Å². The third kappa shape index (κ3) is 8.95. The lowest BCUT2D eigenvalue weighted by Crippen LogP contribution is -2.71. The number of aliphatic hydroxyl groups excluding tert-OH is 4. The highest BCUT2D eigenvalue weighted by molar-refractivity contribution is 5.69. The molecule has 16 heteroatoms. The molecule has 0 bridgehead atoms. The summed E-state index contributed by atoms with van der Waals surface area (Å²) in [5, 5.41) is 58.2. The first kappa shape index (κ1) is 49.6. The fourth-order valence-electron chi connectivity index (χ4n) is 13.2. The van der Waals surface area contributed by atoms with Crippen molar-refractivity contribution in [3.63, 3.8) is 0 Å². The molecule has 0 aromatic rings. The van der Waals surface area contributed by atoms with E-state index in [0.29, 0.717) is 57.8 Å². The Morgan fingerprint density at radius 2 is 1.40 bits per heavy atom. The number of fused-ring (bicyclic) bond motifs is 5. The van der Waals surface area contributed by atoms with E-state index in [9.17, 15) is 30.3 Å². The van der Waals surface area contributed by atoms with Gasteiger partial charge in [0, 0.05) is 57.8 Å². The SMILES string of the molecule is CO[C@H]1[C@@H](O)[C@H](O[C@H]2[C@@H](OC)C[C@H](O[C@H]3[C@@H](OC)C[C@H](O[C@@H]4CC[C@@]5(C)C(=CC[C@@H]6[C@@H]5[C@H](O)[C@@H](O)[C@]5(C)[C@@H]([C@@H](C)OC(=O)CC(C)C)CC[C@]65O)C4)O[C@@H]3C)O[C@@H]2C)O[C@H](C)[C@H]1O. The van der Waals surface area contributed by atoms with E-state index in [-0.39, 0.29) is 41.8 Å². The number of hydrogen-bond acceptors (Lipinski definition) is 16. The van der Waals surface area contributed by atoms with Crippen molar-refractivity contribution in [3.8, 4) is 0 Å². The van der Waals surface area contributed by atoms with Gasteiger partial charge in [-0.2, -0.15) is 0 Å². The van der Waals surface area contributed by atoms with Crippen molar-refractivity contribution in [2.24, 2.45) is 34.5 Å². The molecule has 3 saturated heterocycles. The minimum Gasteiger partial charge on any atom is -0.462 e. The van der Waals surface area contributed by atoms with Crippen LogP contribution in [0.2, 0.25) is 0 Å². The molecule has 0 unspecified atom stereocenters. The van der Waals surface area contributed by atoms with Crippen LogP contribution in [0.1, 0.15) is 113 Å². The lowest BCUT2D eigenvalue weighted by Gasteiger charge is -2.64. The van der Waals surface area contributed by atoms with Gasteiger partial charge in [0.2, 0.25) is 0 Å². The summed E-state index contributed by atoms with van der Waals surface area (Å²) in [5.41, 5.74) is -1.59. The number of carbonyl (C=O) groups excluding carboxylic acids is 1. The Bertz CT molecular complexity index is 1600. The zero-order valence-electron chi connectivity index (χ0n) is 39.3. The second kappa shape index (κ2) is 19.3. The molecule has 16 nitrogen and oxygen atoms in total. The van der Waals surface area contributed by atoms with Gasteiger partial charge in [-0.1, -0.05) is 39.3 Å². The number of esters is 1. The molecule has 362 valence electrons. The maximum absolute atomic E-state index is 12.7. The number of carbonyl (C=O) groups is 1. The van der Waals surface area contributed by atoms with Crippen molar-refractivity contribution in [3.05, 3.63) is 11.6 Å². The average Bonchev–Trinajstić information content (AvgIpc) is 3.51. The molecule has 3 aliphatic heterocycles. The van der Waals surface area contributed by atoms with Crippen LogP contribution < -0.4 is 0 Å². The summed E-state index contributed by atoms with van der Waals surface area (Å²) in [6.45, 7) is 15.3. The predicted molar refractivity (Wildman–Crippen MR) is 226 cm³/mol. The summed E-state index contributed by atoms with van der Waals surface area (Å²) in [7, 11) is 4.65. The minimum absolute atomic E-state index is 0.150. The normalized spacial score (nSPS) is 50.6. The Morgan fingerprint density at radius 1 is 0.778 bits per heavy atom. The molecule has 5 N–H and O–H groups in total. The Balaban J connectivity index is 0.960. The lowest BCUT2D eigenvalue weighted by atomic mass is 9.44. The fraction of sp³-hybridized carbons (Fsp3) is 0.936. The van der Waals surface area contributed by atoms with Gasteiger partial charge in [-0.3, -0.25) is 4.79 Å². The van der Waals surface area contributed by atoms with Crippen LogP contribution in [0.5, 0.6) is 0 Å². The molecular formula is C47H78O16. The monoisotopic (exact) mass is 899 g/mol. The smallest absolute Gasteiger partial charge is 0.306 e. The summed E-state index contributed by atoms with van der Waals surface area (Å²) in [6.07, 6.45) is -4.84. The van der Waals surface area contributed by atoms with Crippen LogP contribution in [-0.4, -0.2) is 163 Å². The van der Waals surface area contributed by atoms with E-state index in [2.05, 4.69) is 13.0 Å². The maximum Gasteiger partial charge on any atom is 0.306 e. The van der Waals surface area contributed by atoms with E-state index < -0.39 is 109 Å². The molecule has 4 aliphatic carbocycles. The second-order valence-electron chi connectivity index (χ2n) is 20.7. The molecule has 63 heavy (non-hydrogen) atoms. The van der Waals surface area contributed by atoms with Crippen molar-refractivity contribution < 1.29 is 77.7 Å². The first-order chi connectivity index (χ1) is 29.7. The summed E-state index contributed by atoms with van der Waals surface area (Å²) >= 11 is 0. The van der Waals surface area contributed by atoms with E-state index in [4.69, 9.17) is 47.4 Å². The Kier molecular flexibility index (Phi) is 15.2. The Hall–Kier alpha value is -1.35. The van der Waals surface area contributed by atoms with Gasteiger partial charge in [-0.15, -0.1) is 0 Å². The molecule has 0 radical (unpaired) electrons. The number of methoxy groups -OCH3 is 3. The molecule has 0 spiro atoms. The summed E-state index contributed by atoms with van der Waals surface area (Å²) < 4.78 is 61.2. The molecular weight excluding hydrogens is 821 g/mol.